The molecule has 0 aromatic rings. The van der Waals surface area contributed by atoms with Gasteiger partial charge in [0.1, 0.15) is 13.2 Å². The number of unbranched alkanes of at least 4 members (excludes halogenated alkanes) is 15. The Balaban J connectivity index is 4.58. The van der Waals surface area contributed by atoms with Crippen LogP contribution in [0.1, 0.15) is 142 Å². The predicted molar refractivity (Wildman–Crippen MR) is 191 cm³/mol. The molecule has 270 valence electrons. The fourth-order valence-corrected chi connectivity index (χ4v) is 5.55. The number of nitrogens with one attached hydrogen (secondary N) is 1. The van der Waals surface area contributed by atoms with Gasteiger partial charge >= 0.3 is 0 Å². The van der Waals surface area contributed by atoms with Crippen molar-refractivity contribution in [1.29, 1.82) is 0 Å². The molecular weight excluding hydrogens is 599 g/mol. The zero-order valence-corrected chi connectivity index (χ0v) is 31.2. The molecule has 1 amide bonds. The summed E-state index contributed by atoms with van der Waals surface area (Å²) >= 11 is 0. The fourth-order valence-electron chi connectivity index (χ4n) is 4.83. The first kappa shape index (κ1) is 44.7. The third kappa shape index (κ3) is 31.3. The quantitative estimate of drug-likeness (QED) is 0.0321. The van der Waals surface area contributed by atoms with Crippen LogP contribution in [0.25, 0.3) is 0 Å². The number of rotatable bonds is 32. The number of allylic oxidation sites excluding steroid dienone is 5. The smallest absolute Gasteiger partial charge is 0.268 e. The summed E-state index contributed by atoms with van der Waals surface area (Å²) in [5, 5.41) is 13.6. The molecule has 0 aliphatic rings. The van der Waals surface area contributed by atoms with Crippen LogP contribution in [0.2, 0.25) is 0 Å². The molecule has 3 unspecified atom stereocenters. The van der Waals surface area contributed by atoms with Crippen LogP contribution in [0.4, 0.5) is 0 Å². The molecule has 0 aliphatic heterocycles. The zero-order valence-electron chi connectivity index (χ0n) is 30.3. The third-order valence-electron chi connectivity index (χ3n) is 7.83. The maximum absolute atomic E-state index is 12.6. The number of likely N-dealkylation sites (N-methyl/N-ethyl adjacent to an activating group) is 1. The van der Waals surface area contributed by atoms with Crippen LogP contribution in [0.5, 0.6) is 0 Å². The molecule has 0 aromatic heterocycles. The highest BCUT2D eigenvalue weighted by Gasteiger charge is 2.23. The second-order valence-electron chi connectivity index (χ2n) is 13.6. The minimum absolute atomic E-state index is 0.00885. The molecular formula is C37H71N2O6P. The van der Waals surface area contributed by atoms with E-state index in [-0.39, 0.29) is 12.5 Å². The predicted octanol–water partition coefficient (Wildman–Crippen LogP) is 8.55. The van der Waals surface area contributed by atoms with E-state index in [9.17, 15) is 19.4 Å². The van der Waals surface area contributed by atoms with E-state index < -0.39 is 26.6 Å². The van der Waals surface area contributed by atoms with Crippen molar-refractivity contribution in [1.82, 2.24) is 5.32 Å². The SMILES string of the molecule is CCCCCCCCC/C=C/CC/C=C/CC/C=C/C(O)C(COP(=O)([O-])OCC[N+](C)(C)C)NC(=O)CCCCCCCCC. The number of carbonyl (C=O) groups is 1. The maximum atomic E-state index is 12.6. The van der Waals surface area contributed by atoms with Crippen molar-refractivity contribution in [3.05, 3.63) is 36.5 Å². The van der Waals surface area contributed by atoms with Gasteiger partial charge in [-0.3, -0.25) is 9.36 Å². The van der Waals surface area contributed by atoms with Gasteiger partial charge in [-0.15, -0.1) is 0 Å². The standard InChI is InChI=1S/C37H71N2O6P/c1-6-8-10-12-14-15-16-17-18-19-20-21-22-23-25-26-28-30-36(40)35(34-45-46(42,43)44-33-32-39(3,4)5)38-37(41)31-29-27-24-13-11-9-7-2/h18-19,22-23,28,30,35-36,40H,6-17,20-21,24-27,29,31-34H2,1-5H3,(H-,38,41,42,43)/b19-18+,23-22+,30-28+. The van der Waals surface area contributed by atoms with Gasteiger partial charge in [0, 0.05) is 6.42 Å². The van der Waals surface area contributed by atoms with Crippen LogP contribution >= 0.6 is 7.82 Å². The van der Waals surface area contributed by atoms with Gasteiger partial charge in [-0.25, -0.2) is 0 Å². The second kappa shape index (κ2) is 29.8. The summed E-state index contributed by atoms with van der Waals surface area (Å²) < 4.78 is 23.0. The van der Waals surface area contributed by atoms with Gasteiger partial charge in [0.25, 0.3) is 7.82 Å². The topological polar surface area (TPSA) is 108 Å². The summed E-state index contributed by atoms with van der Waals surface area (Å²) in [5.41, 5.74) is 0. The molecule has 3 atom stereocenters. The van der Waals surface area contributed by atoms with Crippen LogP contribution < -0.4 is 10.2 Å². The van der Waals surface area contributed by atoms with Gasteiger partial charge < -0.3 is 28.8 Å². The highest BCUT2D eigenvalue weighted by molar-refractivity contribution is 7.45. The number of quaternary nitrogens is 1. The molecule has 0 saturated carbocycles. The minimum Gasteiger partial charge on any atom is -0.756 e. The van der Waals surface area contributed by atoms with Crippen LogP contribution in [-0.4, -0.2) is 68.5 Å². The molecule has 0 aromatic carbocycles. The van der Waals surface area contributed by atoms with Gasteiger partial charge in [0.15, 0.2) is 0 Å². The van der Waals surface area contributed by atoms with E-state index in [0.717, 1.165) is 44.9 Å². The second-order valence-corrected chi connectivity index (χ2v) is 15.0. The lowest BCUT2D eigenvalue weighted by atomic mass is 10.1. The molecule has 0 bridgehead atoms. The average molecular weight is 671 g/mol. The maximum Gasteiger partial charge on any atom is 0.268 e. The average Bonchev–Trinajstić information content (AvgIpc) is 2.99. The number of hydrogen-bond donors (Lipinski definition) is 2. The zero-order chi connectivity index (χ0) is 34.4. The van der Waals surface area contributed by atoms with Crippen molar-refractivity contribution in [2.75, 3.05) is 40.9 Å². The van der Waals surface area contributed by atoms with Gasteiger partial charge in [0.05, 0.1) is 39.9 Å². The van der Waals surface area contributed by atoms with Gasteiger partial charge in [-0.2, -0.15) is 0 Å². The molecule has 0 radical (unpaired) electrons. The largest absolute Gasteiger partial charge is 0.756 e. The Kier molecular flexibility index (Phi) is 29.0. The summed E-state index contributed by atoms with van der Waals surface area (Å²) in [6, 6.07) is -0.902. The summed E-state index contributed by atoms with van der Waals surface area (Å²) in [6.07, 6.45) is 33.5. The Morgan fingerprint density at radius 3 is 1.76 bits per heavy atom. The Bertz CT molecular complexity index is 855. The number of aliphatic hydroxyl groups is 1. The lowest BCUT2D eigenvalue weighted by Gasteiger charge is -2.29. The number of phosphoric acid groups is 1. The molecule has 8 nitrogen and oxygen atoms in total. The first-order valence-corrected chi connectivity index (χ1v) is 19.8. The molecule has 9 heteroatoms. The van der Waals surface area contributed by atoms with Crippen LogP contribution in [0, 0.1) is 0 Å². The molecule has 0 spiro atoms. The summed E-state index contributed by atoms with van der Waals surface area (Å²) in [5.74, 6) is -0.222. The fraction of sp³-hybridized carbons (Fsp3) is 0.811. The molecule has 0 rings (SSSR count). The lowest BCUT2D eigenvalue weighted by molar-refractivity contribution is -0.870. The van der Waals surface area contributed by atoms with E-state index in [1.807, 2.05) is 27.2 Å². The lowest BCUT2D eigenvalue weighted by Crippen LogP contribution is -2.45. The normalized spacial score (nSPS) is 15.2. The first-order chi connectivity index (χ1) is 22.0. The van der Waals surface area contributed by atoms with E-state index in [0.29, 0.717) is 17.4 Å². The highest BCUT2D eigenvalue weighted by Crippen LogP contribution is 2.38. The van der Waals surface area contributed by atoms with E-state index in [2.05, 4.69) is 43.5 Å². The number of nitrogens with zero attached hydrogens (tertiary/aromatic N) is 1. The Hall–Kier alpha value is -1.28. The Morgan fingerprint density at radius 2 is 1.22 bits per heavy atom. The van der Waals surface area contributed by atoms with Gasteiger partial charge in [0.2, 0.25) is 5.91 Å². The van der Waals surface area contributed by atoms with E-state index >= 15 is 0 Å². The van der Waals surface area contributed by atoms with E-state index in [1.54, 1.807) is 6.08 Å². The van der Waals surface area contributed by atoms with Crippen molar-refractivity contribution >= 4 is 13.7 Å². The minimum atomic E-state index is -4.58. The molecule has 0 heterocycles. The van der Waals surface area contributed by atoms with Crippen molar-refractivity contribution in [3.8, 4) is 0 Å². The van der Waals surface area contributed by atoms with Crippen molar-refractivity contribution in [3.63, 3.8) is 0 Å². The van der Waals surface area contributed by atoms with E-state index in [1.165, 1.54) is 77.0 Å². The van der Waals surface area contributed by atoms with Crippen molar-refractivity contribution < 1.29 is 32.9 Å². The van der Waals surface area contributed by atoms with Gasteiger partial charge in [-0.05, 0) is 44.9 Å². The van der Waals surface area contributed by atoms with Crippen LogP contribution in [0.15, 0.2) is 36.5 Å². The third-order valence-corrected chi connectivity index (χ3v) is 8.79. The summed E-state index contributed by atoms with van der Waals surface area (Å²) in [7, 11) is 1.23. The number of hydrogen-bond acceptors (Lipinski definition) is 6. The Morgan fingerprint density at radius 1 is 0.739 bits per heavy atom. The molecule has 2 N–H and O–H groups in total. The number of phosphoric ester groups is 1. The van der Waals surface area contributed by atoms with Crippen LogP contribution in [0.3, 0.4) is 0 Å². The molecule has 46 heavy (non-hydrogen) atoms. The van der Waals surface area contributed by atoms with Crippen LogP contribution in [-0.2, 0) is 18.4 Å². The number of carbonyl (C=O) groups excluding carboxylic acids is 1. The summed E-state index contributed by atoms with van der Waals surface area (Å²) in [6.45, 7) is 4.53. The summed E-state index contributed by atoms with van der Waals surface area (Å²) in [4.78, 5) is 25.0. The molecule has 0 saturated heterocycles. The van der Waals surface area contributed by atoms with E-state index in [4.69, 9.17) is 9.05 Å². The first-order valence-electron chi connectivity index (χ1n) is 18.4. The monoisotopic (exact) mass is 671 g/mol. The Labute approximate surface area is 283 Å². The molecule has 0 aliphatic carbocycles. The number of amides is 1. The van der Waals surface area contributed by atoms with Crippen molar-refractivity contribution in [2.45, 2.75) is 154 Å². The highest BCUT2D eigenvalue weighted by atomic mass is 31.2. The molecule has 0 fully saturated rings. The van der Waals surface area contributed by atoms with Gasteiger partial charge in [-0.1, -0.05) is 127 Å². The van der Waals surface area contributed by atoms with Crippen molar-refractivity contribution in [2.24, 2.45) is 0 Å². The number of aliphatic hydroxyl groups excluding tert-OH is 1.